The van der Waals surface area contributed by atoms with Gasteiger partial charge in [0.05, 0.1) is 22.4 Å². The van der Waals surface area contributed by atoms with E-state index in [1.165, 1.54) is 0 Å². The summed E-state index contributed by atoms with van der Waals surface area (Å²) in [4.78, 5) is 38.0. The Bertz CT molecular complexity index is 884. The molecule has 1 radical (unpaired) electrons. The minimum atomic E-state index is -2.91. The first-order chi connectivity index (χ1) is 13.3. The van der Waals surface area contributed by atoms with E-state index in [1.807, 2.05) is 36.4 Å². The van der Waals surface area contributed by atoms with Gasteiger partial charge in [0, 0.05) is 40.5 Å². The number of nitro groups is 2. The van der Waals surface area contributed by atoms with Gasteiger partial charge in [-0.15, -0.1) is 0 Å². The summed E-state index contributed by atoms with van der Waals surface area (Å²) in [5, 5.41) is 39.1. The van der Waals surface area contributed by atoms with E-state index in [4.69, 9.17) is 5.11 Å². The second kappa shape index (κ2) is 10.2. The molecule has 0 bridgehead atoms. The van der Waals surface area contributed by atoms with E-state index in [9.17, 15) is 30.1 Å². The van der Waals surface area contributed by atoms with Crippen molar-refractivity contribution >= 4 is 5.97 Å². The molecule has 151 valence electrons. The summed E-state index contributed by atoms with van der Waals surface area (Å²) in [5.74, 6) is -1.96. The van der Waals surface area contributed by atoms with E-state index in [0.29, 0.717) is 12.2 Å². The number of aliphatic hydroxyl groups is 1. The van der Waals surface area contributed by atoms with Crippen molar-refractivity contribution in [1.82, 2.24) is 9.97 Å². The Morgan fingerprint density at radius 1 is 1.03 bits per heavy atom. The topological polar surface area (TPSA) is 170 Å². The molecule has 1 aliphatic rings. The van der Waals surface area contributed by atoms with Gasteiger partial charge in [0.1, 0.15) is 0 Å². The second-order valence-electron chi connectivity index (χ2n) is 5.45. The molecule has 2 N–H and O–H groups in total. The molecule has 0 saturated carbocycles. The molecule has 0 saturated heterocycles. The summed E-state index contributed by atoms with van der Waals surface area (Å²) in [6.07, 6.45) is 3.42. The van der Waals surface area contributed by atoms with E-state index in [2.05, 4.69) is 9.97 Å². The fraction of sp³-hybridized carbons (Fsp3) is 0.118. The first kappa shape index (κ1) is 23.6. The van der Waals surface area contributed by atoms with E-state index in [1.54, 1.807) is 12.4 Å². The molecule has 29 heavy (non-hydrogen) atoms. The smallest absolute Gasteiger partial charge is 0.390 e. The first-order valence-electron chi connectivity index (χ1n) is 7.73. The molecule has 12 heteroatoms. The van der Waals surface area contributed by atoms with Crippen molar-refractivity contribution < 1.29 is 41.9 Å². The van der Waals surface area contributed by atoms with Gasteiger partial charge in [-0.25, -0.2) is 4.79 Å². The van der Waals surface area contributed by atoms with Crippen LogP contribution in [0.4, 0.5) is 0 Å². The van der Waals surface area contributed by atoms with Gasteiger partial charge in [-0.3, -0.25) is 30.2 Å². The maximum atomic E-state index is 10.8. The summed E-state index contributed by atoms with van der Waals surface area (Å²) in [7, 11) is 0. The second-order valence-corrected chi connectivity index (χ2v) is 5.45. The van der Waals surface area contributed by atoms with Gasteiger partial charge in [-0.1, -0.05) is 12.1 Å². The molecule has 2 aromatic rings. The Morgan fingerprint density at radius 2 is 1.55 bits per heavy atom. The van der Waals surface area contributed by atoms with Gasteiger partial charge in [-0.05, 0) is 30.3 Å². The number of rotatable bonds is 4. The van der Waals surface area contributed by atoms with Crippen molar-refractivity contribution in [2.75, 3.05) is 0 Å². The summed E-state index contributed by atoms with van der Waals surface area (Å²) < 4.78 is 0. The van der Waals surface area contributed by atoms with E-state index >= 15 is 0 Å². The quantitative estimate of drug-likeness (QED) is 0.403. The third-order valence-electron chi connectivity index (χ3n) is 3.72. The van der Waals surface area contributed by atoms with Gasteiger partial charge in [0.15, 0.2) is 6.10 Å². The molecule has 0 spiro atoms. The Labute approximate surface area is 174 Å². The minimum Gasteiger partial charge on any atom is -0.476 e. The molecule has 0 amide bonds. The van der Waals surface area contributed by atoms with E-state index in [-0.39, 0.29) is 17.1 Å². The van der Waals surface area contributed by atoms with E-state index in [0.717, 1.165) is 17.5 Å². The molecule has 3 rings (SSSR count). The Kier molecular flexibility index (Phi) is 8.27. The number of aliphatic hydroxyl groups excluding tert-OH is 1. The van der Waals surface area contributed by atoms with Crippen molar-refractivity contribution in [3.8, 4) is 11.4 Å². The molecule has 2 aromatic heterocycles. The number of carbonyl (C=O) groups is 1. The van der Waals surface area contributed by atoms with Crippen LogP contribution in [0.5, 0.6) is 0 Å². The zero-order valence-corrected chi connectivity index (χ0v) is 15.7. The minimum absolute atomic E-state index is 0. The van der Waals surface area contributed by atoms with Crippen LogP contribution in [0.15, 0.2) is 72.7 Å². The standard InChI is InChI=1S/C10H8N2.C7H6N2O7.Mn/c1-3-7-11-9(5-1)10-6-2-4-8-12-10;10-5-2-1-4(8(13)14)3-7(5,6(11)12)9(15)16;/h1-8H;1-3,5,10H,(H,11,12);. The van der Waals surface area contributed by atoms with Gasteiger partial charge < -0.3 is 10.2 Å². The van der Waals surface area contributed by atoms with Gasteiger partial charge >= 0.3 is 11.5 Å². The normalized spacial score (nSPS) is 19.6. The van der Waals surface area contributed by atoms with Crippen molar-refractivity contribution in [2.45, 2.75) is 11.6 Å². The fourth-order valence-electron chi connectivity index (χ4n) is 2.26. The fourth-order valence-corrected chi connectivity index (χ4v) is 2.26. The molecule has 1 aliphatic carbocycles. The number of allylic oxidation sites excluding steroid dienone is 1. The zero-order chi connectivity index (χ0) is 20.7. The van der Waals surface area contributed by atoms with Crippen LogP contribution in [0.25, 0.3) is 11.4 Å². The summed E-state index contributed by atoms with van der Waals surface area (Å²) in [6.45, 7) is 0. The van der Waals surface area contributed by atoms with Crippen molar-refractivity contribution in [3.63, 3.8) is 0 Å². The zero-order valence-electron chi connectivity index (χ0n) is 14.5. The van der Waals surface area contributed by atoms with Crippen molar-refractivity contribution in [3.05, 3.63) is 92.9 Å². The van der Waals surface area contributed by atoms with Crippen molar-refractivity contribution in [2.24, 2.45) is 0 Å². The van der Waals surface area contributed by atoms with Crippen LogP contribution in [0.2, 0.25) is 0 Å². The van der Waals surface area contributed by atoms with Gasteiger partial charge in [0.2, 0.25) is 0 Å². The Hall–Kier alpha value is -3.47. The number of nitrogens with zero attached hydrogens (tertiary/aromatic N) is 4. The Balaban J connectivity index is 0.000000289. The average molecular weight is 441 g/mol. The van der Waals surface area contributed by atoms with Gasteiger partial charge in [0.25, 0.3) is 5.70 Å². The summed E-state index contributed by atoms with van der Waals surface area (Å²) >= 11 is 0. The van der Waals surface area contributed by atoms with Crippen LogP contribution in [0, 0.1) is 20.2 Å². The third kappa shape index (κ3) is 5.29. The molecule has 0 aromatic carbocycles. The molecular formula is C17H14MnN4O7. The molecule has 2 unspecified atom stereocenters. The van der Waals surface area contributed by atoms with E-state index < -0.39 is 33.2 Å². The maximum absolute atomic E-state index is 10.8. The summed E-state index contributed by atoms with van der Waals surface area (Å²) in [5.41, 5.74) is -1.82. The number of pyridine rings is 2. The Morgan fingerprint density at radius 3 is 1.90 bits per heavy atom. The molecule has 2 heterocycles. The van der Waals surface area contributed by atoms with Crippen LogP contribution >= 0.6 is 0 Å². The number of aromatic nitrogens is 2. The molecule has 0 fully saturated rings. The predicted octanol–water partition coefficient (Wildman–Crippen LogP) is 1.32. The van der Waals surface area contributed by atoms with Crippen molar-refractivity contribution in [1.29, 1.82) is 0 Å². The number of hydrogen-bond acceptors (Lipinski definition) is 8. The molecular weight excluding hydrogens is 427 g/mol. The molecule has 0 aliphatic heterocycles. The number of aliphatic carboxylic acids is 1. The third-order valence-corrected chi connectivity index (χ3v) is 3.72. The number of carboxylic acids is 1. The number of hydrogen-bond donors (Lipinski definition) is 2. The van der Waals surface area contributed by atoms with Gasteiger partial charge in [-0.2, -0.15) is 0 Å². The predicted molar refractivity (Wildman–Crippen MR) is 95.1 cm³/mol. The monoisotopic (exact) mass is 441 g/mol. The maximum Gasteiger partial charge on any atom is 0.390 e. The van der Waals surface area contributed by atoms with Crippen LogP contribution < -0.4 is 0 Å². The van der Waals surface area contributed by atoms with Crippen LogP contribution in [-0.4, -0.2) is 47.6 Å². The van der Waals surface area contributed by atoms with Crippen LogP contribution in [0.1, 0.15) is 0 Å². The first-order valence-corrected chi connectivity index (χ1v) is 7.73. The largest absolute Gasteiger partial charge is 0.476 e. The molecule has 2 atom stereocenters. The summed E-state index contributed by atoms with van der Waals surface area (Å²) in [6, 6.07) is 11.6. The number of carboxylic acid groups (broad SMARTS) is 1. The van der Waals surface area contributed by atoms with Crippen LogP contribution in [-0.2, 0) is 21.9 Å². The van der Waals surface area contributed by atoms with Crippen LogP contribution in [0.3, 0.4) is 0 Å². The SMILES string of the molecule is O=C(O)C1([N+](=O)[O-])C=C([N+](=O)[O-])C=CC1O.[Mn].c1ccc(-c2ccccn2)nc1. The average Bonchev–Trinajstić information content (AvgIpc) is 2.69. The molecule has 11 nitrogen and oxygen atoms in total.